The second-order valence-electron chi connectivity index (χ2n) is 3.40. The number of hydrogen-bond acceptors (Lipinski definition) is 5. The summed E-state index contributed by atoms with van der Waals surface area (Å²) in [7, 11) is 0. The van der Waals surface area contributed by atoms with E-state index in [1.165, 1.54) is 0 Å². The van der Waals surface area contributed by atoms with Crippen LogP contribution in [0, 0.1) is 0 Å². The van der Waals surface area contributed by atoms with Crippen LogP contribution in [0.5, 0.6) is 0 Å². The lowest BCUT2D eigenvalue weighted by molar-refractivity contribution is 0.582. The average Bonchev–Trinajstić information content (AvgIpc) is 2.76. The largest absolute Gasteiger partial charge is 0.347 e. The molecule has 0 spiro atoms. The van der Waals surface area contributed by atoms with Gasteiger partial charge in [0.15, 0.2) is 0 Å². The lowest BCUT2D eigenvalue weighted by atomic mass is 10.3. The topological polar surface area (TPSA) is 68.5 Å². The van der Waals surface area contributed by atoms with Gasteiger partial charge in [0.2, 0.25) is 5.95 Å². The number of aryl methyl sites for hydroxylation is 1. The molecule has 16 heavy (non-hydrogen) atoms. The van der Waals surface area contributed by atoms with E-state index in [2.05, 4.69) is 32.7 Å². The van der Waals surface area contributed by atoms with Crippen molar-refractivity contribution in [1.29, 1.82) is 0 Å². The number of tetrazole rings is 1. The molecule has 1 N–H and O–H groups in total. The Kier molecular flexibility index (Phi) is 3.42. The molecule has 0 unspecified atom stereocenters. The third kappa shape index (κ3) is 2.53. The van der Waals surface area contributed by atoms with Gasteiger partial charge in [-0.15, -0.1) is 0 Å². The molecule has 0 saturated carbocycles. The lowest BCUT2D eigenvalue weighted by Gasteiger charge is -2.05. The molecule has 0 atom stereocenters. The van der Waals surface area contributed by atoms with Crippen LogP contribution in [0.1, 0.15) is 19.0 Å². The van der Waals surface area contributed by atoms with E-state index in [-0.39, 0.29) is 0 Å². The number of rotatable bonds is 5. The summed E-state index contributed by atoms with van der Waals surface area (Å²) in [6.07, 6.45) is 2.77. The summed E-state index contributed by atoms with van der Waals surface area (Å²) in [5.74, 6) is 0.688. The van der Waals surface area contributed by atoms with Crippen LogP contribution < -0.4 is 5.32 Å². The minimum Gasteiger partial charge on any atom is -0.347 e. The average molecular weight is 218 g/mol. The molecule has 0 aromatic carbocycles. The fourth-order valence-corrected chi connectivity index (χ4v) is 1.37. The molecule has 2 rings (SSSR count). The van der Waals surface area contributed by atoms with E-state index in [4.69, 9.17) is 0 Å². The van der Waals surface area contributed by atoms with Crippen LogP contribution in [0.15, 0.2) is 24.4 Å². The van der Waals surface area contributed by atoms with Crippen molar-refractivity contribution in [3.8, 4) is 0 Å². The number of aromatic nitrogens is 5. The summed E-state index contributed by atoms with van der Waals surface area (Å²) >= 11 is 0. The minimum absolute atomic E-state index is 0.630. The molecular formula is C10H14N6. The molecule has 2 aromatic heterocycles. The molecule has 0 aliphatic rings. The van der Waals surface area contributed by atoms with Gasteiger partial charge in [-0.2, -0.15) is 0 Å². The molecule has 0 fully saturated rings. The Hall–Kier alpha value is -1.98. The highest BCUT2D eigenvalue weighted by Crippen LogP contribution is 2.03. The van der Waals surface area contributed by atoms with E-state index in [1.807, 2.05) is 18.2 Å². The number of nitrogens with zero attached hydrogens (tertiary/aromatic N) is 5. The van der Waals surface area contributed by atoms with Crippen molar-refractivity contribution in [2.45, 2.75) is 26.4 Å². The predicted octanol–water partition coefficient (Wildman–Crippen LogP) is 1.09. The molecule has 0 amide bonds. The zero-order valence-corrected chi connectivity index (χ0v) is 9.17. The van der Waals surface area contributed by atoms with E-state index < -0.39 is 0 Å². The Morgan fingerprint density at radius 1 is 1.38 bits per heavy atom. The molecular weight excluding hydrogens is 204 g/mol. The van der Waals surface area contributed by atoms with Crippen molar-refractivity contribution in [2.24, 2.45) is 0 Å². The first-order valence-corrected chi connectivity index (χ1v) is 5.30. The number of pyridine rings is 1. The maximum atomic E-state index is 4.21. The second kappa shape index (κ2) is 5.20. The van der Waals surface area contributed by atoms with Gasteiger partial charge in [-0.1, -0.05) is 18.1 Å². The predicted molar refractivity (Wildman–Crippen MR) is 59.7 cm³/mol. The quantitative estimate of drug-likeness (QED) is 0.813. The third-order valence-electron chi connectivity index (χ3n) is 2.12. The maximum Gasteiger partial charge on any atom is 0.243 e. The summed E-state index contributed by atoms with van der Waals surface area (Å²) in [5.41, 5.74) is 0.966. The van der Waals surface area contributed by atoms with E-state index in [1.54, 1.807) is 10.9 Å². The highest BCUT2D eigenvalue weighted by atomic mass is 15.6. The van der Waals surface area contributed by atoms with Gasteiger partial charge < -0.3 is 5.32 Å². The lowest BCUT2D eigenvalue weighted by Crippen LogP contribution is -2.09. The van der Waals surface area contributed by atoms with Gasteiger partial charge in [0.05, 0.1) is 12.2 Å². The van der Waals surface area contributed by atoms with Crippen molar-refractivity contribution in [3.63, 3.8) is 0 Å². The van der Waals surface area contributed by atoms with E-state index in [9.17, 15) is 0 Å². The molecule has 0 aliphatic carbocycles. The first-order chi connectivity index (χ1) is 7.90. The fraction of sp³-hybridized carbons (Fsp3) is 0.400. The molecule has 2 heterocycles. The number of anilines is 1. The Morgan fingerprint density at radius 2 is 2.31 bits per heavy atom. The maximum absolute atomic E-state index is 4.21. The van der Waals surface area contributed by atoms with Gasteiger partial charge in [-0.05, 0) is 29.0 Å². The smallest absolute Gasteiger partial charge is 0.243 e. The highest BCUT2D eigenvalue weighted by molar-refractivity contribution is 5.23. The van der Waals surface area contributed by atoms with Gasteiger partial charge in [0, 0.05) is 12.7 Å². The normalized spacial score (nSPS) is 10.3. The zero-order chi connectivity index (χ0) is 11.2. The van der Waals surface area contributed by atoms with Crippen molar-refractivity contribution < 1.29 is 0 Å². The van der Waals surface area contributed by atoms with Crippen molar-refractivity contribution in [2.75, 3.05) is 5.32 Å². The number of hydrogen-bond donors (Lipinski definition) is 1. The van der Waals surface area contributed by atoms with Gasteiger partial charge in [0.25, 0.3) is 0 Å². The first kappa shape index (κ1) is 10.5. The van der Waals surface area contributed by atoms with E-state index in [0.29, 0.717) is 12.5 Å². The van der Waals surface area contributed by atoms with E-state index in [0.717, 1.165) is 18.7 Å². The standard InChI is InChI=1S/C10H14N6/c1-2-7-16-10(13-14-15-16)12-8-9-5-3-4-6-11-9/h3-6H,2,7-8H2,1H3,(H,12,13,15). The van der Waals surface area contributed by atoms with Gasteiger partial charge in [-0.3, -0.25) is 4.98 Å². The molecule has 0 aliphatic heterocycles. The van der Waals surface area contributed by atoms with Crippen LogP contribution in [0.2, 0.25) is 0 Å². The van der Waals surface area contributed by atoms with Crippen LogP contribution in [-0.2, 0) is 13.1 Å². The number of nitrogens with one attached hydrogen (secondary N) is 1. The van der Waals surface area contributed by atoms with Crippen LogP contribution in [-0.4, -0.2) is 25.2 Å². The summed E-state index contributed by atoms with van der Waals surface area (Å²) in [6.45, 7) is 3.53. The molecule has 0 saturated heterocycles. The monoisotopic (exact) mass is 218 g/mol. The summed E-state index contributed by atoms with van der Waals surface area (Å²) in [6, 6.07) is 5.81. The zero-order valence-electron chi connectivity index (χ0n) is 9.17. The van der Waals surface area contributed by atoms with Gasteiger partial charge in [-0.25, -0.2) is 4.68 Å². The Morgan fingerprint density at radius 3 is 3.06 bits per heavy atom. The molecule has 0 radical (unpaired) electrons. The van der Waals surface area contributed by atoms with Gasteiger partial charge in [0.1, 0.15) is 0 Å². The molecule has 0 bridgehead atoms. The Labute approximate surface area is 93.7 Å². The summed E-state index contributed by atoms with van der Waals surface area (Å²) in [4.78, 5) is 4.21. The molecule has 6 nitrogen and oxygen atoms in total. The van der Waals surface area contributed by atoms with Crippen LogP contribution in [0.3, 0.4) is 0 Å². The Balaban J connectivity index is 1.97. The third-order valence-corrected chi connectivity index (χ3v) is 2.12. The van der Waals surface area contributed by atoms with Crippen molar-refractivity contribution >= 4 is 5.95 Å². The summed E-state index contributed by atoms with van der Waals surface area (Å²) < 4.78 is 1.75. The van der Waals surface area contributed by atoms with Crippen molar-refractivity contribution in [3.05, 3.63) is 30.1 Å². The van der Waals surface area contributed by atoms with E-state index >= 15 is 0 Å². The first-order valence-electron chi connectivity index (χ1n) is 5.30. The molecule has 2 aromatic rings. The molecule has 84 valence electrons. The fourth-order valence-electron chi connectivity index (χ4n) is 1.37. The highest BCUT2D eigenvalue weighted by Gasteiger charge is 2.03. The van der Waals surface area contributed by atoms with Crippen LogP contribution >= 0.6 is 0 Å². The van der Waals surface area contributed by atoms with Gasteiger partial charge >= 0.3 is 0 Å². The van der Waals surface area contributed by atoms with Crippen LogP contribution in [0.4, 0.5) is 5.95 Å². The summed E-state index contributed by atoms with van der Waals surface area (Å²) in [5, 5.41) is 14.6. The Bertz CT molecular complexity index is 424. The molecule has 6 heteroatoms. The van der Waals surface area contributed by atoms with Crippen molar-refractivity contribution in [1.82, 2.24) is 25.2 Å². The minimum atomic E-state index is 0.630. The SMILES string of the molecule is CCCn1nnnc1NCc1ccccn1. The van der Waals surface area contributed by atoms with Crippen LogP contribution in [0.25, 0.3) is 0 Å². The second-order valence-corrected chi connectivity index (χ2v) is 3.40.